The van der Waals surface area contributed by atoms with E-state index in [1.165, 1.54) is 59.7 Å². The predicted molar refractivity (Wildman–Crippen MR) is 108 cm³/mol. The van der Waals surface area contributed by atoms with Gasteiger partial charge in [-0.25, -0.2) is 12.7 Å². The molecule has 1 aromatic carbocycles. The molecule has 1 N–H and O–H groups in total. The Hall–Kier alpha value is -3.25. The van der Waals surface area contributed by atoms with Crippen LogP contribution in [0.5, 0.6) is 17.2 Å². The Balaban J connectivity index is 1.95. The van der Waals surface area contributed by atoms with Crippen molar-refractivity contribution < 1.29 is 41.4 Å². The number of nitrogens with zero attached hydrogens (tertiary/aromatic N) is 1. The maximum Gasteiger partial charge on any atom is 0.325 e. The molecule has 0 saturated carbocycles. The van der Waals surface area contributed by atoms with Crippen molar-refractivity contribution >= 4 is 21.9 Å². The number of ether oxygens (including phenoxy) is 4. The second-order valence-corrected chi connectivity index (χ2v) is 8.35. The quantitative estimate of drug-likeness (QED) is 0.520. The van der Waals surface area contributed by atoms with Crippen LogP contribution in [0.25, 0.3) is 0 Å². The van der Waals surface area contributed by atoms with Crippen molar-refractivity contribution in [2.75, 3.05) is 42.0 Å². The van der Waals surface area contributed by atoms with Gasteiger partial charge in [0.25, 0.3) is 15.9 Å². The van der Waals surface area contributed by atoms with Crippen LogP contribution in [-0.4, -0.2) is 66.6 Å². The summed E-state index contributed by atoms with van der Waals surface area (Å²) >= 11 is 0. The number of esters is 1. The Bertz CT molecular complexity index is 1020. The van der Waals surface area contributed by atoms with Crippen molar-refractivity contribution in [1.29, 1.82) is 0 Å². The van der Waals surface area contributed by atoms with E-state index >= 15 is 0 Å². The number of nitrogens with one attached hydrogen (secondary N) is 1. The molecule has 170 valence electrons. The van der Waals surface area contributed by atoms with Crippen LogP contribution in [0.3, 0.4) is 0 Å². The Labute approximate surface area is 179 Å². The predicted octanol–water partition coefficient (Wildman–Crippen LogP) is 1.03. The molecule has 11 nitrogen and oxygen atoms in total. The third-order valence-electron chi connectivity index (χ3n) is 4.07. The van der Waals surface area contributed by atoms with Crippen LogP contribution in [0.15, 0.2) is 33.8 Å². The summed E-state index contributed by atoms with van der Waals surface area (Å²) in [6.07, 6.45) is 0. The van der Waals surface area contributed by atoms with Gasteiger partial charge in [-0.3, -0.25) is 9.59 Å². The highest BCUT2D eigenvalue weighted by atomic mass is 32.2. The number of amides is 1. The summed E-state index contributed by atoms with van der Waals surface area (Å²) < 4.78 is 50.7. The van der Waals surface area contributed by atoms with Gasteiger partial charge in [-0.1, -0.05) is 0 Å². The number of carbonyl (C=O) groups excluding carboxylic acids is 2. The molecule has 2 aromatic rings. The first-order valence-corrected chi connectivity index (χ1v) is 10.3. The summed E-state index contributed by atoms with van der Waals surface area (Å²) in [6.45, 7) is -0.707. The fourth-order valence-corrected chi connectivity index (χ4v) is 3.24. The maximum atomic E-state index is 12.4. The summed E-state index contributed by atoms with van der Waals surface area (Å²) in [7, 11) is 3.29. The van der Waals surface area contributed by atoms with Gasteiger partial charge in [0.1, 0.15) is 18.9 Å². The highest BCUT2D eigenvalue weighted by Gasteiger charge is 2.22. The van der Waals surface area contributed by atoms with Crippen LogP contribution in [0.4, 0.5) is 0 Å². The summed E-state index contributed by atoms with van der Waals surface area (Å²) in [6, 6.07) is 5.54. The summed E-state index contributed by atoms with van der Waals surface area (Å²) in [5.74, 6) is -0.255. The monoisotopic (exact) mass is 456 g/mol. The molecule has 1 amide bonds. The average Bonchev–Trinajstić information content (AvgIpc) is 3.24. The molecule has 0 aliphatic rings. The molecule has 0 aliphatic heterocycles. The molecule has 0 fully saturated rings. The van der Waals surface area contributed by atoms with E-state index in [2.05, 4.69) is 5.32 Å². The molecular formula is C19H24N2O9S. The molecule has 0 unspecified atom stereocenters. The lowest BCUT2D eigenvalue weighted by Gasteiger charge is -2.14. The number of carbonyl (C=O) groups is 2. The SMILES string of the molecule is COc1cc(C(=O)NCC(=O)OCc2ccc(S(=O)(=O)N(C)C)o2)cc(OC)c1OC. The molecular weight excluding hydrogens is 432 g/mol. The smallest absolute Gasteiger partial charge is 0.325 e. The lowest BCUT2D eigenvalue weighted by molar-refractivity contribution is -0.144. The van der Waals surface area contributed by atoms with Crippen molar-refractivity contribution in [3.05, 3.63) is 35.6 Å². The Morgan fingerprint density at radius 3 is 2.16 bits per heavy atom. The number of hydrogen-bond donors (Lipinski definition) is 1. The van der Waals surface area contributed by atoms with Gasteiger partial charge in [-0.05, 0) is 24.3 Å². The van der Waals surface area contributed by atoms with E-state index in [1.54, 1.807) is 0 Å². The minimum absolute atomic E-state index is 0.143. The first kappa shape index (κ1) is 24.0. The van der Waals surface area contributed by atoms with Gasteiger partial charge in [0.05, 0.1) is 21.3 Å². The highest BCUT2D eigenvalue weighted by Crippen LogP contribution is 2.38. The van der Waals surface area contributed by atoms with Crippen LogP contribution >= 0.6 is 0 Å². The normalized spacial score (nSPS) is 11.2. The number of methoxy groups -OCH3 is 3. The minimum atomic E-state index is -3.72. The van der Waals surface area contributed by atoms with Crippen LogP contribution < -0.4 is 19.5 Å². The molecule has 0 radical (unpaired) electrons. The zero-order chi connectivity index (χ0) is 23.2. The largest absolute Gasteiger partial charge is 0.493 e. The first-order chi connectivity index (χ1) is 14.6. The van der Waals surface area contributed by atoms with Crippen molar-refractivity contribution in [3.8, 4) is 17.2 Å². The van der Waals surface area contributed by atoms with E-state index in [4.69, 9.17) is 23.4 Å². The van der Waals surface area contributed by atoms with Crippen LogP contribution in [0, 0.1) is 0 Å². The lowest BCUT2D eigenvalue weighted by Crippen LogP contribution is -2.30. The summed E-state index contributed by atoms with van der Waals surface area (Å²) in [4.78, 5) is 24.3. The summed E-state index contributed by atoms with van der Waals surface area (Å²) in [5.41, 5.74) is 0.187. The Kier molecular flexibility index (Phi) is 7.89. The molecule has 0 atom stereocenters. The Morgan fingerprint density at radius 1 is 1.03 bits per heavy atom. The van der Waals surface area contributed by atoms with Gasteiger partial charge < -0.3 is 28.7 Å². The highest BCUT2D eigenvalue weighted by molar-refractivity contribution is 7.88. The number of rotatable bonds is 10. The number of benzene rings is 1. The van der Waals surface area contributed by atoms with Crippen molar-refractivity contribution in [3.63, 3.8) is 0 Å². The topological polar surface area (TPSA) is 134 Å². The van der Waals surface area contributed by atoms with Crippen LogP contribution in [-0.2, 0) is 26.2 Å². The number of furan rings is 1. The van der Waals surface area contributed by atoms with Crippen molar-refractivity contribution in [2.24, 2.45) is 0 Å². The molecule has 0 saturated heterocycles. The van der Waals surface area contributed by atoms with Gasteiger partial charge in [0, 0.05) is 19.7 Å². The van der Waals surface area contributed by atoms with Gasteiger partial charge in [-0.15, -0.1) is 0 Å². The maximum absolute atomic E-state index is 12.4. The molecule has 0 spiro atoms. The van der Waals surface area contributed by atoms with Gasteiger partial charge >= 0.3 is 5.97 Å². The van der Waals surface area contributed by atoms with Crippen LogP contribution in [0.2, 0.25) is 0 Å². The third-order valence-corrected chi connectivity index (χ3v) is 5.76. The molecule has 1 heterocycles. The molecule has 12 heteroatoms. The van der Waals surface area contributed by atoms with E-state index in [9.17, 15) is 18.0 Å². The first-order valence-electron chi connectivity index (χ1n) is 8.89. The van der Waals surface area contributed by atoms with Crippen molar-refractivity contribution in [2.45, 2.75) is 11.7 Å². The van der Waals surface area contributed by atoms with Crippen molar-refractivity contribution in [1.82, 2.24) is 9.62 Å². The summed E-state index contributed by atoms with van der Waals surface area (Å²) in [5, 5.41) is 2.16. The minimum Gasteiger partial charge on any atom is -0.493 e. The second kappa shape index (κ2) is 10.2. The van der Waals surface area contributed by atoms with Gasteiger partial charge in [0.2, 0.25) is 10.8 Å². The fourth-order valence-electron chi connectivity index (χ4n) is 2.42. The number of sulfonamides is 1. The van der Waals surface area contributed by atoms with Gasteiger partial charge in [-0.2, -0.15) is 0 Å². The zero-order valence-electron chi connectivity index (χ0n) is 17.8. The van der Waals surface area contributed by atoms with Gasteiger partial charge in [0.15, 0.2) is 11.5 Å². The van der Waals surface area contributed by atoms with Crippen LogP contribution in [0.1, 0.15) is 16.1 Å². The van der Waals surface area contributed by atoms with E-state index < -0.39 is 28.4 Å². The standard InChI is InChI=1S/C19H24N2O9S/c1-21(2)31(24,25)17-7-6-13(30-17)11-29-16(22)10-20-19(23)12-8-14(26-3)18(28-5)15(9-12)27-4/h6-9H,10-11H2,1-5H3,(H,20,23). The lowest BCUT2D eigenvalue weighted by atomic mass is 10.1. The molecule has 2 rings (SSSR count). The fraction of sp³-hybridized carbons (Fsp3) is 0.368. The second-order valence-electron chi connectivity index (χ2n) is 6.27. The Morgan fingerprint density at radius 2 is 1.65 bits per heavy atom. The third kappa shape index (κ3) is 5.67. The molecule has 0 aliphatic carbocycles. The number of hydrogen-bond acceptors (Lipinski definition) is 9. The zero-order valence-corrected chi connectivity index (χ0v) is 18.6. The van der Waals surface area contributed by atoms with E-state index in [-0.39, 0.29) is 34.5 Å². The van der Waals surface area contributed by atoms with E-state index in [0.29, 0.717) is 5.75 Å². The van der Waals surface area contributed by atoms with E-state index in [1.807, 2.05) is 0 Å². The molecule has 0 bridgehead atoms. The molecule has 1 aromatic heterocycles. The van der Waals surface area contributed by atoms with E-state index in [0.717, 1.165) is 4.31 Å². The average molecular weight is 456 g/mol. The molecule has 31 heavy (non-hydrogen) atoms.